The predicted octanol–water partition coefficient (Wildman–Crippen LogP) is 2.34. The minimum atomic E-state index is -0.401. The van der Waals surface area contributed by atoms with Crippen molar-refractivity contribution in [1.82, 2.24) is 0 Å². The van der Waals surface area contributed by atoms with Gasteiger partial charge in [0.25, 0.3) is 5.69 Å². The lowest BCUT2D eigenvalue weighted by molar-refractivity contribution is -0.385. The number of hydrogen-bond donors (Lipinski definition) is 1. The molecule has 0 aliphatic heterocycles. The van der Waals surface area contributed by atoms with Crippen LogP contribution in [0.3, 0.4) is 0 Å². The van der Waals surface area contributed by atoms with E-state index in [9.17, 15) is 10.1 Å². The van der Waals surface area contributed by atoms with Crippen LogP contribution in [0.1, 0.15) is 5.56 Å². The van der Waals surface area contributed by atoms with E-state index in [2.05, 4.69) is 0 Å². The monoisotopic (exact) mass is 223 g/mol. The predicted molar refractivity (Wildman–Crippen MR) is 59.3 cm³/mol. The number of rotatable bonds is 3. The lowest BCUT2D eigenvalue weighted by atomic mass is 10.1. The van der Waals surface area contributed by atoms with E-state index in [4.69, 9.17) is 5.11 Å². The fraction of sp³-hybridized carbons (Fsp3) is 0.200. The minimum Gasteiger partial charge on any atom is -0.396 e. The Morgan fingerprint density at radius 2 is 2.27 bits per heavy atom. The molecule has 0 aliphatic rings. The second-order valence-electron chi connectivity index (χ2n) is 3.17. The maximum absolute atomic E-state index is 10.8. The summed E-state index contributed by atoms with van der Waals surface area (Å²) < 4.78 is 1.02. The van der Waals surface area contributed by atoms with Gasteiger partial charge in [0, 0.05) is 29.4 Å². The first-order valence-corrected chi connectivity index (χ1v) is 5.35. The third-order valence-electron chi connectivity index (χ3n) is 2.23. The summed E-state index contributed by atoms with van der Waals surface area (Å²) >= 11 is 1.54. The molecule has 1 aromatic carbocycles. The maximum Gasteiger partial charge on any atom is 0.273 e. The van der Waals surface area contributed by atoms with E-state index in [-0.39, 0.29) is 12.3 Å². The first kappa shape index (κ1) is 10.1. The fourth-order valence-electron chi connectivity index (χ4n) is 1.53. The van der Waals surface area contributed by atoms with Crippen molar-refractivity contribution in [2.75, 3.05) is 6.61 Å². The van der Waals surface area contributed by atoms with E-state index < -0.39 is 4.92 Å². The highest BCUT2D eigenvalue weighted by molar-refractivity contribution is 7.17. The summed E-state index contributed by atoms with van der Waals surface area (Å²) in [4.78, 5) is 10.4. The molecule has 78 valence electrons. The van der Waals surface area contributed by atoms with E-state index in [0.717, 1.165) is 10.1 Å². The molecule has 0 atom stereocenters. The standard InChI is InChI=1S/C10H9NO3S/c12-3-1-7-6-10-8(2-4-15-10)5-9(7)11(13)14/h2,4-6,12H,1,3H2. The summed E-state index contributed by atoms with van der Waals surface area (Å²) in [5.74, 6) is 0. The Hall–Kier alpha value is -1.46. The van der Waals surface area contributed by atoms with Crippen LogP contribution in [0.25, 0.3) is 10.1 Å². The summed E-state index contributed by atoms with van der Waals surface area (Å²) in [7, 11) is 0. The molecule has 0 amide bonds. The zero-order chi connectivity index (χ0) is 10.8. The Balaban J connectivity index is 2.62. The Morgan fingerprint density at radius 1 is 1.47 bits per heavy atom. The van der Waals surface area contributed by atoms with Gasteiger partial charge in [0.05, 0.1) is 4.92 Å². The molecule has 15 heavy (non-hydrogen) atoms. The number of benzene rings is 1. The van der Waals surface area contributed by atoms with Crippen LogP contribution < -0.4 is 0 Å². The van der Waals surface area contributed by atoms with Crippen molar-refractivity contribution < 1.29 is 10.0 Å². The molecule has 0 aliphatic carbocycles. The minimum absolute atomic E-state index is 0.0717. The zero-order valence-corrected chi connectivity index (χ0v) is 8.66. The van der Waals surface area contributed by atoms with Crippen molar-refractivity contribution in [3.8, 4) is 0 Å². The third kappa shape index (κ3) is 1.84. The molecule has 1 N–H and O–H groups in total. The first-order valence-electron chi connectivity index (χ1n) is 4.48. The molecule has 0 saturated heterocycles. The Bertz CT molecular complexity index is 506. The molecule has 5 heteroatoms. The third-order valence-corrected chi connectivity index (χ3v) is 3.11. The second-order valence-corrected chi connectivity index (χ2v) is 4.12. The fourth-order valence-corrected chi connectivity index (χ4v) is 2.36. The number of nitro groups is 1. The van der Waals surface area contributed by atoms with Crippen molar-refractivity contribution in [1.29, 1.82) is 0 Å². The molecular weight excluding hydrogens is 214 g/mol. The smallest absolute Gasteiger partial charge is 0.273 e. The van der Waals surface area contributed by atoms with Crippen LogP contribution in [0.5, 0.6) is 0 Å². The lowest BCUT2D eigenvalue weighted by Gasteiger charge is -2.01. The van der Waals surface area contributed by atoms with Crippen LogP contribution in [0.2, 0.25) is 0 Å². The molecule has 0 radical (unpaired) electrons. The SMILES string of the molecule is O=[N+]([O-])c1cc2ccsc2cc1CCO. The maximum atomic E-state index is 10.8. The summed E-state index contributed by atoms with van der Waals surface area (Å²) in [6.45, 7) is -0.0717. The van der Waals surface area contributed by atoms with Gasteiger partial charge in [0.15, 0.2) is 0 Å². The van der Waals surface area contributed by atoms with Crippen molar-refractivity contribution in [3.63, 3.8) is 0 Å². The Morgan fingerprint density at radius 3 is 2.93 bits per heavy atom. The van der Waals surface area contributed by atoms with Gasteiger partial charge in [0.1, 0.15) is 0 Å². The summed E-state index contributed by atoms with van der Waals surface area (Å²) in [5, 5.41) is 22.4. The summed E-state index contributed by atoms with van der Waals surface area (Å²) in [5.41, 5.74) is 0.687. The Labute approximate surface area is 89.9 Å². The molecule has 4 nitrogen and oxygen atoms in total. The van der Waals surface area contributed by atoms with Crippen LogP contribution in [-0.2, 0) is 6.42 Å². The van der Waals surface area contributed by atoms with E-state index >= 15 is 0 Å². The molecule has 0 spiro atoms. The molecule has 0 saturated carbocycles. The normalized spacial score (nSPS) is 10.7. The van der Waals surface area contributed by atoms with Gasteiger partial charge in [-0.1, -0.05) is 0 Å². The van der Waals surface area contributed by atoms with Crippen LogP contribution in [-0.4, -0.2) is 16.6 Å². The number of aliphatic hydroxyl groups excluding tert-OH is 1. The average Bonchev–Trinajstić information content (AvgIpc) is 2.63. The number of nitro benzene ring substituents is 1. The largest absolute Gasteiger partial charge is 0.396 e. The highest BCUT2D eigenvalue weighted by Crippen LogP contribution is 2.29. The van der Waals surface area contributed by atoms with Gasteiger partial charge in [0.2, 0.25) is 0 Å². The van der Waals surface area contributed by atoms with E-state index in [1.54, 1.807) is 23.5 Å². The van der Waals surface area contributed by atoms with E-state index in [0.29, 0.717) is 12.0 Å². The average molecular weight is 223 g/mol. The van der Waals surface area contributed by atoms with Crippen LogP contribution in [0.15, 0.2) is 23.6 Å². The Kier molecular flexibility index (Phi) is 2.66. The van der Waals surface area contributed by atoms with E-state index in [1.165, 1.54) is 0 Å². The summed E-state index contributed by atoms with van der Waals surface area (Å²) in [6, 6.07) is 5.21. The van der Waals surface area contributed by atoms with Gasteiger partial charge in [-0.3, -0.25) is 10.1 Å². The number of fused-ring (bicyclic) bond motifs is 1. The zero-order valence-electron chi connectivity index (χ0n) is 7.84. The van der Waals surface area contributed by atoms with Crippen molar-refractivity contribution in [2.45, 2.75) is 6.42 Å². The lowest BCUT2D eigenvalue weighted by Crippen LogP contribution is -1.97. The quantitative estimate of drug-likeness (QED) is 0.641. The van der Waals surface area contributed by atoms with Crippen LogP contribution in [0.4, 0.5) is 5.69 Å². The van der Waals surface area contributed by atoms with Crippen molar-refractivity contribution in [2.24, 2.45) is 0 Å². The van der Waals surface area contributed by atoms with Gasteiger partial charge in [-0.2, -0.15) is 0 Å². The summed E-state index contributed by atoms with van der Waals surface area (Å²) in [6.07, 6.45) is 0.324. The number of aliphatic hydroxyl groups is 1. The van der Waals surface area contributed by atoms with E-state index in [1.807, 2.05) is 11.4 Å². The first-order chi connectivity index (χ1) is 7.22. The van der Waals surface area contributed by atoms with Gasteiger partial charge in [-0.05, 0) is 22.9 Å². The number of nitrogens with zero attached hydrogens (tertiary/aromatic N) is 1. The molecule has 2 aromatic rings. The molecule has 2 rings (SSSR count). The highest BCUT2D eigenvalue weighted by Gasteiger charge is 2.14. The van der Waals surface area contributed by atoms with Crippen LogP contribution in [0, 0.1) is 10.1 Å². The number of thiophene rings is 1. The highest BCUT2D eigenvalue weighted by atomic mass is 32.1. The van der Waals surface area contributed by atoms with Gasteiger partial charge >= 0.3 is 0 Å². The topological polar surface area (TPSA) is 63.4 Å². The molecule has 0 bridgehead atoms. The van der Waals surface area contributed by atoms with Gasteiger partial charge in [-0.25, -0.2) is 0 Å². The molecule has 0 fully saturated rings. The van der Waals surface area contributed by atoms with Gasteiger partial charge < -0.3 is 5.11 Å². The van der Waals surface area contributed by atoms with Crippen molar-refractivity contribution in [3.05, 3.63) is 39.3 Å². The second kappa shape index (κ2) is 3.96. The van der Waals surface area contributed by atoms with Crippen LogP contribution >= 0.6 is 11.3 Å². The van der Waals surface area contributed by atoms with Crippen molar-refractivity contribution >= 4 is 27.1 Å². The molecule has 1 heterocycles. The molecular formula is C10H9NO3S. The van der Waals surface area contributed by atoms with Gasteiger partial charge in [-0.15, -0.1) is 11.3 Å². The molecule has 0 unspecified atom stereocenters. The number of hydrogen-bond acceptors (Lipinski definition) is 4. The molecule has 1 aromatic heterocycles.